The number of carbonyl (C=O) groups excluding carboxylic acids is 1. The molecule has 27 heavy (non-hydrogen) atoms. The molecule has 1 amide bonds. The minimum absolute atomic E-state index is 0.0454. The molecular formula is C21H28N4O2. The molecule has 0 radical (unpaired) electrons. The fourth-order valence-corrected chi connectivity index (χ4v) is 4.16. The van der Waals surface area contributed by atoms with E-state index in [0.29, 0.717) is 6.54 Å². The van der Waals surface area contributed by atoms with Crippen molar-refractivity contribution in [2.45, 2.75) is 51.7 Å². The third-order valence-electron chi connectivity index (χ3n) is 5.74. The van der Waals surface area contributed by atoms with Crippen molar-refractivity contribution in [1.29, 1.82) is 0 Å². The van der Waals surface area contributed by atoms with E-state index < -0.39 is 0 Å². The Morgan fingerprint density at radius 3 is 2.89 bits per heavy atom. The molecule has 1 fully saturated rings. The summed E-state index contributed by atoms with van der Waals surface area (Å²) in [4.78, 5) is 14.9. The van der Waals surface area contributed by atoms with Gasteiger partial charge in [0.15, 0.2) is 0 Å². The summed E-state index contributed by atoms with van der Waals surface area (Å²) in [7, 11) is 0. The Hall–Kier alpha value is -2.21. The fraction of sp³-hybridized carbons (Fsp3) is 0.571. The number of amides is 1. The first kappa shape index (κ1) is 18.2. The van der Waals surface area contributed by atoms with Crippen LogP contribution in [0.2, 0.25) is 0 Å². The normalized spacial score (nSPS) is 22.0. The first-order valence-corrected chi connectivity index (χ1v) is 10.0. The van der Waals surface area contributed by atoms with Crippen LogP contribution in [0.15, 0.2) is 30.3 Å². The third-order valence-corrected chi connectivity index (χ3v) is 5.74. The van der Waals surface area contributed by atoms with Crippen LogP contribution >= 0.6 is 0 Å². The Labute approximate surface area is 160 Å². The molecule has 0 bridgehead atoms. The number of hydrogen-bond donors (Lipinski definition) is 0. The second-order valence-electron chi connectivity index (χ2n) is 7.66. The van der Waals surface area contributed by atoms with Crippen LogP contribution in [-0.2, 0) is 28.9 Å². The molecule has 3 heterocycles. The van der Waals surface area contributed by atoms with E-state index >= 15 is 0 Å². The standard InChI is InChI=1S/C21H28N4O2/c1-16-22-23-20-10-9-18(14-25(16)20)21(26)24-12-11-19(15-24)27-13-5-8-17-6-3-2-4-7-17/h2-4,6-7,18-19H,5,8-15H2,1H3/t18-,19-/m1/s1. The number of aromatic nitrogens is 3. The van der Waals surface area contributed by atoms with Gasteiger partial charge in [0.05, 0.1) is 12.0 Å². The largest absolute Gasteiger partial charge is 0.376 e. The third kappa shape index (κ3) is 4.21. The zero-order valence-corrected chi connectivity index (χ0v) is 16.0. The fourth-order valence-electron chi connectivity index (χ4n) is 4.16. The number of nitrogens with zero attached hydrogens (tertiary/aromatic N) is 4. The number of ether oxygens (including phenoxy) is 1. The van der Waals surface area contributed by atoms with E-state index in [4.69, 9.17) is 4.74 Å². The molecule has 0 aliphatic carbocycles. The van der Waals surface area contributed by atoms with Gasteiger partial charge in [-0.15, -0.1) is 10.2 Å². The van der Waals surface area contributed by atoms with E-state index in [-0.39, 0.29) is 17.9 Å². The van der Waals surface area contributed by atoms with Crippen LogP contribution in [-0.4, -0.2) is 51.4 Å². The molecule has 0 unspecified atom stereocenters. The van der Waals surface area contributed by atoms with Crippen molar-refractivity contribution < 1.29 is 9.53 Å². The zero-order chi connectivity index (χ0) is 18.6. The van der Waals surface area contributed by atoms with E-state index in [0.717, 1.165) is 63.4 Å². The van der Waals surface area contributed by atoms with Gasteiger partial charge in [0.2, 0.25) is 5.91 Å². The van der Waals surface area contributed by atoms with Gasteiger partial charge >= 0.3 is 0 Å². The van der Waals surface area contributed by atoms with Gasteiger partial charge in [-0.05, 0) is 38.2 Å². The van der Waals surface area contributed by atoms with Crippen molar-refractivity contribution in [3.05, 3.63) is 47.5 Å². The Kier molecular flexibility index (Phi) is 5.53. The molecule has 6 heteroatoms. The van der Waals surface area contributed by atoms with Crippen LogP contribution in [0.5, 0.6) is 0 Å². The first-order valence-electron chi connectivity index (χ1n) is 10.0. The quantitative estimate of drug-likeness (QED) is 0.735. The van der Waals surface area contributed by atoms with Crippen molar-refractivity contribution in [1.82, 2.24) is 19.7 Å². The highest BCUT2D eigenvalue weighted by molar-refractivity contribution is 5.79. The Morgan fingerprint density at radius 2 is 2.04 bits per heavy atom. The van der Waals surface area contributed by atoms with Gasteiger partial charge in [0.25, 0.3) is 0 Å². The summed E-state index contributed by atoms with van der Waals surface area (Å²) in [6, 6.07) is 10.5. The van der Waals surface area contributed by atoms with Crippen LogP contribution in [0.4, 0.5) is 0 Å². The molecule has 6 nitrogen and oxygen atoms in total. The summed E-state index contributed by atoms with van der Waals surface area (Å²) in [6.45, 7) is 4.97. The number of benzene rings is 1. The van der Waals surface area contributed by atoms with Crippen molar-refractivity contribution in [3.8, 4) is 0 Å². The van der Waals surface area contributed by atoms with Crippen LogP contribution in [0.1, 0.15) is 36.5 Å². The molecule has 2 atom stereocenters. The highest BCUT2D eigenvalue weighted by Gasteiger charge is 2.34. The Morgan fingerprint density at radius 1 is 1.19 bits per heavy atom. The van der Waals surface area contributed by atoms with Crippen molar-refractivity contribution in [2.75, 3.05) is 19.7 Å². The van der Waals surface area contributed by atoms with Crippen molar-refractivity contribution in [2.24, 2.45) is 5.92 Å². The summed E-state index contributed by atoms with van der Waals surface area (Å²) in [6.07, 6.45) is 4.90. The van der Waals surface area contributed by atoms with E-state index in [1.54, 1.807) is 0 Å². The van der Waals surface area contributed by atoms with E-state index in [2.05, 4.69) is 39.0 Å². The van der Waals surface area contributed by atoms with Gasteiger partial charge < -0.3 is 14.2 Å². The molecule has 4 rings (SSSR count). The van der Waals surface area contributed by atoms with Crippen LogP contribution in [0.3, 0.4) is 0 Å². The highest BCUT2D eigenvalue weighted by Crippen LogP contribution is 2.24. The van der Waals surface area contributed by atoms with Crippen molar-refractivity contribution in [3.63, 3.8) is 0 Å². The van der Waals surface area contributed by atoms with Crippen LogP contribution < -0.4 is 0 Å². The number of hydrogen-bond acceptors (Lipinski definition) is 4. The maximum Gasteiger partial charge on any atom is 0.227 e. The summed E-state index contributed by atoms with van der Waals surface area (Å²) in [5.74, 6) is 2.23. The zero-order valence-electron chi connectivity index (χ0n) is 16.0. The highest BCUT2D eigenvalue weighted by atomic mass is 16.5. The molecule has 2 aliphatic heterocycles. The molecule has 1 aromatic heterocycles. The Bertz CT molecular complexity index is 774. The predicted octanol–water partition coefficient (Wildman–Crippen LogP) is 2.40. The molecule has 1 aromatic carbocycles. The average molecular weight is 368 g/mol. The molecule has 2 aromatic rings. The lowest BCUT2D eigenvalue weighted by Gasteiger charge is -2.27. The number of rotatable bonds is 6. The minimum Gasteiger partial charge on any atom is -0.376 e. The monoisotopic (exact) mass is 368 g/mol. The van der Waals surface area contributed by atoms with Gasteiger partial charge in [-0.1, -0.05) is 30.3 Å². The van der Waals surface area contributed by atoms with Gasteiger partial charge in [0, 0.05) is 32.7 Å². The predicted molar refractivity (Wildman–Crippen MR) is 102 cm³/mol. The van der Waals surface area contributed by atoms with Crippen molar-refractivity contribution >= 4 is 5.91 Å². The van der Waals surface area contributed by atoms with E-state index in [9.17, 15) is 4.79 Å². The van der Waals surface area contributed by atoms with Gasteiger partial charge in [-0.3, -0.25) is 4.79 Å². The number of likely N-dealkylation sites (tertiary alicyclic amines) is 1. The average Bonchev–Trinajstić information content (AvgIpc) is 3.32. The molecule has 0 spiro atoms. The second-order valence-corrected chi connectivity index (χ2v) is 7.66. The molecule has 1 saturated heterocycles. The summed E-state index contributed by atoms with van der Waals surface area (Å²) in [5.41, 5.74) is 1.35. The first-order chi connectivity index (χ1) is 13.2. The topological polar surface area (TPSA) is 60.2 Å². The number of carbonyl (C=O) groups is 1. The second kappa shape index (κ2) is 8.21. The minimum atomic E-state index is 0.0454. The van der Waals surface area contributed by atoms with Gasteiger partial charge in [-0.25, -0.2) is 0 Å². The Balaban J connectivity index is 1.21. The van der Waals surface area contributed by atoms with Gasteiger partial charge in [0.1, 0.15) is 11.6 Å². The summed E-state index contributed by atoms with van der Waals surface area (Å²) >= 11 is 0. The molecule has 144 valence electrons. The maximum atomic E-state index is 12.9. The lowest BCUT2D eigenvalue weighted by atomic mass is 9.98. The van der Waals surface area contributed by atoms with Gasteiger partial charge in [-0.2, -0.15) is 0 Å². The SMILES string of the molecule is Cc1nnc2n1C[C@H](C(=O)N1CC[C@@H](OCCCc3ccccc3)C1)CC2. The molecule has 0 saturated carbocycles. The van der Waals surface area contributed by atoms with E-state index in [1.165, 1.54) is 5.56 Å². The number of aryl methyl sites for hydroxylation is 3. The molecule has 0 N–H and O–H groups in total. The van der Waals surface area contributed by atoms with Crippen LogP contribution in [0, 0.1) is 12.8 Å². The van der Waals surface area contributed by atoms with Crippen LogP contribution in [0.25, 0.3) is 0 Å². The lowest BCUT2D eigenvalue weighted by Crippen LogP contribution is -2.39. The lowest BCUT2D eigenvalue weighted by molar-refractivity contribution is -0.136. The molecule has 2 aliphatic rings. The molecular weight excluding hydrogens is 340 g/mol. The number of fused-ring (bicyclic) bond motifs is 1. The summed E-state index contributed by atoms with van der Waals surface area (Å²) in [5, 5.41) is 8.32. The summed E-state index contributed by atoms with van der Waals surface area (Å²) < 4.78 is 8.13. The maximum absolute atomic E-state index is 12.9. The van der Waals surface area contributed by atoms with E-state index in [1.807, 2.05) is 17.9 Å². The smallest absolute Gasteiger partial charge is 0.227 e.